The Morgan fingerprint density at radius 3 is 2.59 bits per heavy atom. The molecule has 1 atom stereocenters. The van der Waals surface area contributed by atoms with Crippen LogP contribution in [0.15, 0.2) is 12.3 Å². The summed E-state index contributed by atoms with van der Waals surface area (Å²) in [5.74, 6) is -1.38. The summed E-state index contributed by atoms with van der Waals surface area (Å²) in [6.07, 6.45) is -1.48. The summed E-state index contributed by atoms with van der Waals surface area (Å²) < 4.78 is 47.5. The highest BCUT2D eigenvalue weighted by molar-refractivity contribution is 5.96. The van der Waals surface area contributed by atoms with Crippen LogP contribution in [0.1, 0.15) is 41.7 Å². The average Bonchev–Trinajstić information content (AvgIpc) is 3.39. The van der Waals surface area contributed by atoms with Gasteiger partial charge in [-0.3, -0.25) is 14.6 Å². The maximum atomic E-state index is 12.5. The van der Waals surface area contributed by atoms with E-state index in [4.69, 9.17) is 15.2 Å². The summed E-state index contributed by atoms with van der Waals surface area (Å²) in [5, 5.41) is 2.51. The highest BCUT2D eigenvalue weighted by Gasteiger charge is 2.45. The van der Waals surface area contributed by atoms with Crippen molar-refractivity contribution in [1.82, 2.24) is 10.3 Å². The lowest BCUT2D eigenvalue weighted by Crippen LogP contribution is -2.61. The zero-order valence-electron chi connectivity index (χ0n) is 14.6. The minimum atomic E-state index is -4.50. The van der Waals surface area contributed by atoms with E-state index in [2.05, 4.69) is 10.3 Å². The van der Waals surface area contributed by atoms with E-state index in [0.29, 0.717) is 5.56 Å². The zero-order valence-corrected chi connectivity index (χ0v) is 14.6. The largest absolute Gasteiger partial charge is 0.484 e. The third-order valence-corrected chi connectivity index (χ3v) is 4.66. The lowest BCUT2D eigenvalue weighted by Gasteiger charge is -2.42. The minimum Gasteiger partial charge on any atom is -0.484 e. The lowest BCUT2D eigenvalue weighted by molar-refractivity contribution is -0.153. The van der Waals surface area contributed by atoms with Gasteiger partial charge in [-0.1, -0.05) is 6.92 Å². The van der Waals surface area contributed by atoms with Crippen LogP contribution in [0.4, 0.5) is 13.2 Å². The van der Waals surface area contributed by atoms with Crippen molar-refractivity contribution in [2.24, 2.45) is 11.1 Å². The van der Waals surface area contributed by atoms with Gasteiger partial charge in [-0.05, 0) is 18.8 Å². The molecule has 148 valence electrons. The van der Waals surface area contributed by atoms with Crippen LogP contribution in [0.3, 0.4) is 0 Å². The maximum absolute atomic E-state index is 12.5. The van der Waals surface area contributed by atoms with Crippen LogP contribution in [0.5, 0.6) is 5.75 Å². The Hall–Kier alpha value is -2.36. The Morgan fingerprint density at radius 1 is 1.44 bits per heavy atom. The smallest absolute Gasteiger partial charge is 0.422 e. The number of rotatable bonds is 7. The first-order valence-electron chi connectivity index (χ1n) is 8.46. The molecular formula is C17H20F3N3O4. The molecule has 0 spiro atoms. The number of amides is 2. The number of halogens is 3. The highest BCUT2D eigenvalue weighted by atomic mass is 19.4. The van der Waals surface area contributed by atoms with Crippen molar-refractivity contribution in [3.63, 3.8) is 0 Å². The van der Waals surface area contributed by atoms with E-state index < -0.39 is 36.1 Å². The number of carbonyl (C=O) groups excluding carboxylic acids is 2. The number of nitrogens with zero attached hydrogens (tertiary/aromatic N) is 1. The molecule has 27 heavy (non-hydrogen) atoms. The second kappa shape index (κ2) is 6.99. The Labute approximate surface area is 153 Å². The first kappa shape index (κ1) is 19.4. The van der Waals surface area contributed by atoms with Gasteiger partial charge in [0.25, 0.3) is 5.91 Å². The predicted octanol–water partition coefficient (Wildman–Crippen LogP) is 1.52. The van der Waals surface area contributed by atoms with E-state index in [0.717, 1.165) is 12.8 Å². The van der Waals surface area contributed by atoms with Crippen molar-refractivity contribution in [2.45, 2.75) is 37.9 Å². The van der Waals surface area contributed by atoms with Gasteiger partial charge in [-0.15, -0.1) is 0 Å². The number of nitrogens with one attached hydrogen (secondary N) is 1. The van der Waals surface area contributed by atoms with Crippen molar-refractivity contribution in [3.8, 4) is 5.75 Å². The van der Waals surface area contributed by atoms with Gasteiger partial charge in [-0.2, -0.15) is 13.2 Å². The van der Waals surface area contributed by atoms with Crippen LogP contribution in [0, 0.1) is 5.41 Å². The fourth-order valence-electron chi connectivity index (χ4n) is 2.94. The molecule has 1 unspecified atom stereocenters. The lowest BCUT2D eigenvalue weighted by atomic mass is 9.80. The predicted molar refractivity (Wildman–Crippen MR) is 87.1 cm³/mol. The Kier molecular flexibility index (Phi) is 5.02. The van der Waals surface area contributed by atoms with Crippen LogP contribution in [0.25, 0.3) is 0 Å². The average molecular weight is 387 g/mol. The second-order valence-corrected chi connectivity index (χ2v) is 7.24. The van der Waals surface area contributed by atoms with Gasteiger partial charge in [0, 0.05) is 23.2 Å². The standard InChI is InChI=1S/C17H20F3N3O4/c1-16(6-26-7-16)13(14(21)24)23-15(25)11-4-12(27-8-17(18,19)20)10(5-22-11)9-2-3-9/h4-5,9,13H,2-3,6-8H2,1H3,(H2,21,24)(H,23,25). The summed E-state index contributed by atoms with van der Waals surface area (Å²) in [6.45, 7) is 0.800. The summed E-state index contributed by atoms with van der Waals surface area (Å²) in [6, 6.07) is 0.190. The third-order valence-electron chi connectivity index (χ3n) is 4.66. The van der Waals surface area contributed by atoms with Crippen molar-refractivity contribution in [2.75, 3.05) is 19.8 Å². The van der Waals surface area contributed by atoms with E-state index in [-0.39, 0.29) is 30.6 Å². The maximum Gasteiger partial charge on any atom is 0.422 e. The van der Waals surface area contributed by atoms with Crippen LogP contribution < -0.4 is 15.8 Å². The number of alkyl halides is 3. The topological polar surface area (TPSA) is 104 Å². The Balaban J connectivity index is 1.78. The Bertz CT molecular complexity index is 745. The van der Waals surface area contributed by atoms with Gasteiger partial charge in [0.1, 0.15) is 17.5 Å². The molecule has 1 aliphatic carbocycles. The summed E-state index contributed by atoms with van der Waals surface area (Å²) in [7, 11) is 0. The minimum absolute atomic E-state index is 0.0243. The van der Waals surface area contributed by atoms with Gasteiger partial charge in [0.2, 0.25) is 5.91 Å². The quantitative estimate of drug-likeness (QED) is 0.738. The summed E-state index contributed by atoms with van der Waals surface area (Å²) in [4.78, 5) is 28.2. The first-order valence-corrected chi connectivity index (χ1v) is 8.46. The summed E-state index contributed by atoms with van der Waals surface area (Å²) in [5.41, 5.74) is 5.14. The molecule has 1 saturated carbocycles. The molecule has 10 heteroatoms. The highest BCUT2D eigenvalue weighted by Crippen LogP contribution is 2.44. The van der Waals surface area contributed by atoms with Crippen LogP contribution in [0.2, 0.25) is 0 Å². The number of primary amides is 1. The van der Waals surface area contributed by atoms with Crippen molar-refractivity contribution < 1.29 is 32.2 Å². The molecule has 1 saturated heterocycles. The van der Waals surface area contributed by atoms with Crippen molar-refractivity contribution in [1.29, 1.82) is 0 Å². The fraction of sp³-hybridized carbons (Fsp3) is 0.588. The number of hydrogen-bond donors (Lipinski definition) is 2. The molecule has 7 nitrogen and oxygen atoms in total. The monoisotopic (exact) mass is 387 g/mol. The SMILES string of the molecule is CC1(C(NC(=O)c2cc(OCC(F)(F)F)c(C3CC3)cn2)C(N)=O)COC1. The number of nitrogens with two attached hydrogens (primary N) is 1. The van der Waals surface area contributed by atoms with Gasteiger partial charge >= 0.3 is 6.18 Å². The van der Waals surface area contributed by atoms with E-state index in [1.165, 1.54) is 12.3 Å². The molecule has 0 aromatic carbocycles. The van der Waals surface area contributed by atoms with E-state index in [1.54, 1.807) is 6.92 Å². The molecule has 2 amide bonds. The van der Waals surface area contributed by atoms with Crippen LogP contribution in [-0.4, -0.2) is 48.8 Å². The van der Waals surface area contributed by atoms with Crippen molar-refractivity contribution in [3.05, 3.63) is 23.5 Å². The third kappa shape index (κ3) is 4.49. The van der Waals surface area contributed by atoms with E-state index in [9.17, 15) is 22.8 Å². The molecule has 2 fully saturated rings. The van der Waals surface area contributed by atoms with Crippen molar-refractivity contribution >= 4 is 11.8 Å². The van der Waals surface area contributed by atoms with Gasteiger partial charge < -0.3 is 20.5 Å². The number of pyridine rings is 1. The number of aromatic nitrogens is 1. The molecule has 0 radical (unpaired) electrons. The fourth-order valence-corrected chi connectivity index (χ4v) is 2.94. The number of ether oxygens (including phenoxy) is 2. The molecule has 1 aromatic rings. The number of hydrogen-bond acceptors (Lipinski definition) is 5. The van der Waals surface area contributed by atoms with Gasteiger partial charge in [0.05, 0.1) is 13.2 Å². The van der Waals surface area contributed by atoms with Gasteiger partial charge in [-0.25, -0.2) is 0 Å². The zero-order chi connectivity index (χ0) is 19.8. The van der Waals surface area contributed by atoms with E-state index >= 15 is 0 Å². The second-order valence-electron chi connectivity index (χ2n) is 7.24. The molecular weight excluding hydrogens is 367 g/mol. The Morgan fingerprint density at radius 2 is 2.11 bits per heavy atom. The molecule has 1 aliphatic heterocycles. The first-order chi connectivity index (χ1) is 12.6. The number of carbonyl (C=O) groups is 2. The van der Waals surface area contributed by atoms with Gasteiger partial charge in [0.15, 0.2) is 6.61 Å². The van der Waals surface area contributed by atoms with Crippen LogP contribution in [-0.2, 0) is 9.53 Å². The van der Waals surface area contributed by atoms with E-state index in [1.807, 2.05) is 0 Å². The molecule has 2 heterocycles. The molecule has 1 aromatic heterocycles. The molecule has 3 rings (SSSR count). The summed E-state index contributed by atoms with van der Waals surface area (Å²) >= 11 is 0. The molecule has 3 N–H and O–H groups in total. The van der Waals surface area contributed by atoms with Crippen LogP contribution >= 0.6 is 0 Å². The normalized spacial score (nSPS) is 19.7. The molecule has 2 aliphatic rings. The molecule has 0 bridgehead atoms.